The van der Waals surface area contributed by atoms with Crippen molar-refractivity contribution in [3.63, 3.8) is 0 Å². The number of carbonyl (C=O) groups is 2. The lowest BCUT2D eigenvalue weighted by Gasteiger charge is -2.04. The Hall–Kier alpha value is -0.790. The van der Waals surface area contributed by atoms with Crippen molar-refractivity contribution in [2.24, 2.45) is 0 Å². The summed E-state index contributed by atoms with van der Waals surface area (Å²) >= 11 is 1.52. The van der Waals surface area contributed by atoms with Crippen LogP contribution < -0.4 is 5.32 Å². The maximum absolute atomic E-state index is 11.0. The van der Waals surface area contributed by atoms with Crippen LogP contribution in [0, 0.1) is 0 Å². The van der Waals surface area contributed by atoms with Crippen LogP contribution in [0.1, 0.15) is 26.2 Å². The number of hydrogen-bond donors (Lipinski definition) is 1. The van der Waals surface area contributed by atoms with Gasteiger partial charge >= 0.3 is 12.1 Å². The lowest BCUT2D eigenvalue weighted by atomic mass is 10.2. The van der Waals surface area contributed by atoms with Crippen molar-refractivity contribution in [3.8, 4) is 0 Å². The van der Waals surface area contributed by atoms with E-state index in [1.54, 1.807) is 6.92 Å². The van der Waals surface area contributed by atoms with Crippen LogP contribution in [0.15, 0.2) is 12.2 Å². The van der Waals surface area contributed by atoms with Crippen LogP contribution in [0.3, 0.4) is 0 Å². The van der Waals surface area contributed by atoms with Gasteiger partial charge in [-0.25, -0.2) is 9.59 Å². The number of hydrogen-bond acceptors (Lipinski definition) is 4. The van der Waals surface area contributed by atoms with E-state index >= 15 is 0 Å². The molecule has 1 N–H and O–H groups in total. The number of ether oxygens (including phenoxy) is 1. The predicted octanol–water partition coefficient (Wildman–Crippen LogP) is 2.35. The molecule has 0 aromatic heterocycles. The second-order valence-electron chi connectivity index (χ2n) is 3.27. The molecule has 16 heavy (non-hydrogen) atoms. The third kappa shape index (κ3) is 8.51. The fourth-order valence-corrected chi connectivity index (χ4v) is 1.07. The summed E-state index contributed by atoms with van der Waals surface area (Å²) in [6.45, 7) is 6.05. The highest BCUT2D eigenvalue weighted by Crippen LogP contribution is 1.98. The number of carbonyl (C=O) groups excluding carboxylic acids is 2. The summed E-state index contributed by atoms with van der Waals surface area (Å²) in [5.41, 5.74) is 0.409. The van der Waals surface area contributed by atoms with Gasteiger partial charge in [-0.1, -0.05) is 6.58 Å². The largest absolute Gasteiger partial charge is 0.462 e. The molecule has 0 spiro atoms. The molecule has 0 saturated heterocycles. The summed E-state index contributed by atoms with van der Waals surface area (Å²) in [5, 5.41) is 2.56. The van der Waals surface area contributed by atoms with Gasteiger partial charge in [0.1, 0.15) is 0 Å². The van der Waals surface area contributed by atoms with E-state index < -0.39 is 6.09 Å². The molecule has 1 amide bonds. The summed E-state index contributed by atoms with van der Waals surface area (Å²) in [7, 11) is 0. The Kier molecular flexibility index (Phi) is 8.97. The molecule has 0 aromatic carbocycles. The molecule has 6 heteroatoms. The van der Waals surface area contributed by atoms with Crippen LogP contribution in [0.4, 0.5) is 4.79 Å². The van der Waals surface area contributed by atoms with Gasteiger partial charge in [-0.15, -0.1) is 0 Å². The maximum Gasteiger partial charge on any atom is 0.416 e. The number of amides is 1. The fourth-order valence-electron chi connectivity index (χ4n) is 0.910. The molecule has 0 rings (SSSR count). The van der Waals surface area contributed by atoms with Crippen molar-refractivity contribution in [2.75, 3.05) is 13.2 Å². The summed E-state index contributed by atoms with van der Waals surface area (Å²) < 4.78 is 9.28. The van der Waals surface area contributed by atoms with Crippen LogP contribution in [0.25, 0.3) is 0 Å². The van der Waals surface area contributed by atoms with Gasteiger partial charge in [0.05, 0.1) is 6.61 Å². The minimum Gasteiger partial charge on any atom is -0.462 e. The molecule has 0 atom stereocenters. The minimum absolute atomic E-state index is 0.355. The van der Waals surface area contributed by atoms with Crippen molar-refractivity contribution in [1.82, 2.24) is 5.32 Å². The first kappa shape index (κ1) is 15.2. The van der Waals surface area contributed by atoms with E-state index in [0.29, 0.717) is 18.7 Å². The van der Waals surface area contributed by atoms with E-state index in [1.807, 2.05) is 0 Å². The Morgan fingerprint density at radius 2 is 2.00 bits per heavy atom. The SMILES string of the molecule is C=C(C)C(=O)OCCCCCNC(=O)OI. The van der Waals surface area contributed by atoms with Crippen molar-refractivity contribution in [1.29, 1.82) is 0 Å². The van der Waals surface area contributed by atoms with Gasteiger partial charge in [0.2, 0.25) is 0 Å². The third-order valence-electron chi connectivity index (χ3n) is 1.74. The second-order valence-corrected chi connectivity index (χ2v) is 3.71. The summed E-state index contributed by atoms with van der Waals surface area (Å²) in [5.74, 6) is -0.355. The number of halogens is 1. The first-order valence-electron chi connectivity index (χ1n) is 4.97. The number of esters is 1. The van der Waals surface area contributed by atoms with Gasteiger partial charge in [-0.2, -0.15) is 0 Å². The molecule has 0 bridgehead atoms. The average Bonchev–Trinajstić information content (AvgIpc) is 2.26. The molecule has 0 radical (unpaired) electrons. The standard InChI is InChI=1S/C10H16INO4/c1-8(2)9(13)15-7-5-3-4-6-12-10(14)16-11/h1,3-7H2,2H3,(H,12,14). The van der Waals surface area contributed by atoms with E-state index in [1.165, 1.54) is 23.0 Å². The number of rotatable bonds is 7. The van der Waals surface area contributed by atoms with Crippen LogP contribution in [-0.4, -0.2) is 25.2 Å². The Morgan fingerprint density at radius 3 is 2.56 bits per heavy atom. The van der Waals surface area contributed by atoms with E-state index in [0.717, 1.165) is 19.3 Å². The number of unbranched alkanes of at least 4 members (excludes halogenated alkanes) is 2. The maximum atomic E-state index is 11.0. The van der Waals surface area contributed by atoms with Crippen molar-refractivity contribution >= 4 is 35.1 Å². The minimum atomic E-state index is -0.436. The Morgan fingerprint density at radius 1 is 1.31 bits per heavy atom. The Bertz CT molecular complexity index is 255. The van der Waals surface area contributed by atoms with Gasteiger partial charge in [0.15, 0.2) is 23.0 Å². The fraction of sp³-hybridized carbons (Fsp3) is 0.600. The van der Waals surface area contributed by atoms with Crippen molar-refractivity contribution < 1.29 is 17.4 Å². The molecule has 0 fully saturated rings. The summed E-state index contributed by atoms with van der Waals surface area (Å²) in [6.07, 6.45) is 2.05. The normalized spacial score (nSPS) is 9.38. The molecule has 0 unspecified atom stereocenters. The number of nitrogens with one attached hydrogen (secondary N) is 1. The van der Waals surface area contributed by atoms with E-state index in [-0.39, 0.29) is 5.97 Å². The molecule has 92 valence electrons. The van der Waals surface area contributed by atoms with Gasteiger partial charge in [0, 0.05) is 12.1 Å². The van der Waals surface area contributed by atoms with Crippen LogP contribution in [-0.2, 0) is 12.6 Å². The third-order valence-corrected chi connectivity index (χ3v) is 2.14. The van der Waals surface area contributed by atoms with Gasteiger partial charge in [0.25, 0.3) is 0 Å². The first-order valence-corrected chi connectivity index (χ1v) is 5.85. The van der Waals surface area contributed by atoms with Crippen LogP contribution in [0.5, 0.6) is 0 Å². The van der Waals surface area contributed by atoms with Crippen LogP contribution >= 0.6 is 23.0 Å². The van der Waals surface area contributed by atoms with E-state index in [2.05, 4.69) is 15.0 Å². The highest BCUT2D eigenvalue weighted by molar-refractivity contribution is 14.1. The zero-order chi connectivity index (χ0) is 12.4. The predicted molar refractivity (Wildman–Crippen MR) is 68.1 cm³/mol. The Labute approximate surface area is 109 Å². The quantitative estimate of drug-likeness (QED) is 0.334. The Balaban J connectivity index is 3.25. The zero-order valence-corrected chi connectivity index (χ0v) is 11.4. The van der Waals surface area contributed by atoms with Gasteiger partial charge in [-0.05, 0) is 26.2 Å². The van der Waals surface area contributed by atoms with Gasteiger partial charge in [-0.3, -0.25) is 0 Å². The van der Waals surface area contributed by atoms with E-state index in [9.17, 15) is 9.59 Å². The van der Waals surface area contributed by atoms with Gasteiger partial charge < -0.3 is 13.1 Å². The first-order chi connectivity index (χ1) is 7.57. The molecule has 0 heterocycles. The van der Waals surface area contributed by atoms with Crippen molar-refractivity contribution in [3.05, 3.63) is 12.2 Å². The average molecular weight is 341 g/mol. The smallest absolute Gasteiger partial charge is 0.416 e. The molecule has 0 saturated carbocycles. The molecular formula is C10H16INO4. The summed E-state index contributed by atoms with van der Waals surface area (Å²) in [6, 6.07) is 0. The zero-order valence-electron chi connectivity index (χ0n) is 9.25. The molecule has 0 aliphatic rings. The molecule has 5 nitrogen and oxygen atoms in total. The van der Waals surface area contributed by atoms with Crippen molar-refractivity contribution in [2.45, 2.75) is 26.2 Å². The highest BCUT2D eigenvalue weighted by Gasteiger charge is 2.02. The molecular weight excluding hydrogens is 325 g/mol. The monoisotopic (exact) mass is 341 g/mol. The topological polar surface area (TPSA) is 64.6 Å². The molecule has 0 aliphatic carbocycles. The second kappa shape index (κ2) is 9.44. The summed E-state index contributed by atoms with van der Waals surface area (Å²) in [4.78, 5) is 21.6. The lowest BCUT2D eigenvalue weighted by Crippen LogP contribution is -2.22. The van der Waals surface area contributed by atoms with Crippen LogP contribution in [0.2, 0.25) is 0 Å². The molecule has 0 aromatic rings. The highest BCUT2D eigenvalue weighted by atomic mass is 127. The lowest BCUT2D eigenvalue weighted by molar-refractivity contribution is -0.139. The van der Waals surface area contributed by atoms with E-state index in [4.69, 9.17) is 4.74 Å². The molecule has 0 aliphatic heterocycles.